The quantitative estimate of drug-likeness (QED) is 0.743. The van der Waals surface area contributed by atoms with Gasteiger partial charge in [0.25, 0.3) is 5.56 Å². The van der Waals surface area contributed by atoms with Crippen molar-refractivity contribution in [2.75, 3.05) is 44.2 Å². The molecule has 4 rings (SSSR count). The van der Waals surface area contributed by atoms with E-state index in [9.17, 15) is 9.59 Å². The fourth-order valence-corrected chi connectivity index (χ4v) is 4.50. The number of aryl methyl sites for hydroxylation is 1. The summed E-state index contributed by atoms with van der Waals surface area (Å²) in [6.45, 7) is 7.37. The van der Waals surface area contributed by atoms with E-state index in [4.69, 9.17) is 11.6 Å². The van der Waals surface area contributed by atoms with Gasteiger partial charge in [0.05, 0.1) is 5.69 Å². The average molecular weight is 444 g/mol. The molecule has 2 aliphatic rings. The standard InChI is InChI=1S/C23H30ClN5O2/c1-17-4-5-19(16-20(17)24)29-22(30)7-6-21(26-29)28-13-8-18(9-14-28)23(31)25-10-15-27-11-2-3-12-27/h4-7,16,18H,2-3,8-15H2,1H3,(H,25,31). The Kier molecular flexibility index (Phi) is 6.92. The van der Waals surface area contributed by atoms with Gasteiger partial charge in [-0.05, 0) is 69.5 Å². The van der Waals surface area contributed by atoms with Crippen molar-refractivity contribution in [3.05, 3.63) is 51.3 Å². The van der Waals surface area contributed by atoms with E-state index in [1.54, 1.807) is 12.1 Å². The first kappa shape index (κ1) is 21.8. The topological polar surface area (TPSA) is 70.5 Å². The number of carbonyl (C=O) groups is 1. The lowest BCUT2D eigenvalue weighted by Crippen LogP contribution is -2.43. The Morgan fingerprint density at radius 1 is 1.13 bits per heavy atom. The highest BCUT2D eigenvalue weighted by Gasteiger charge is 2.26. The molecule has 8 heteroatoms. The maximum absolute atomic E-state index is 12.5. The first-order valence-corrected chi connectivity index (χ1v) is 11.5. The first-order valence-electron chi connectivity index (χ1n) is 11.1. The highest BCUT2D eigenvalue weighted by atomic mass is 35.5. The van der Waals surface area contributed by atoms with E-state index < -0.39 is 0 Å². The highest BCUT2D eigenvalue weighted by Crippen LogP contribution is 2.23. The van der Waals surface area contributed by atoms with Gasteiger partial charge in [-0.2, -0.15) is 4.68 Å². The van der Waals surface area contributed by atoms with Crippen molar-refractivity contribution in [1.82, 2.24) is 20.0 Å². The van der Waals surface area contributed by atoms with Crippen molar-refractivity contribution in [2.24, 2.45) is 5.92 Å². The second-order valence-electron chi connectivity index (χ2n) is 8.48. The molecule has 3 heterocycles. The van der Waals surface area contributed by atoms with Crippen molar-refractivity contribution in [3.63, 3.8) is 0 Å². The van der Waals surface area contributed by atoms with Gasteiger partial charge in [-0.15, -0.1) is 5.10 Å². The number of nitrogens with zero attached hydrogens (tertiary/aromatic N) is 4. The van der Waals surface area contributed by atoms with Gasteiger partial charge >= 0.3 is 0 Å². The molecule has 0 bridgehead atoms. The second-order valence-corrected chi connectivity index (χ2v) is 8.88. The first-order chi connectivity index (χ1) is 15.0. The number of rotatable bonds is 6. The van der Waals surface area contributed by atoms with Crippen molar-refractivity contribution < 1.29 is 4.79 Å². The summed E-state index contributed by atoms with van der Waals surface area (Å²) in [5, 5.41) is 8.28. The maximum Gasteiger partial charge on any atom is 0.271 e. The number of likely N-dealkylation sites (tertiary alicyclic amines) is 1. The van der Waals surface area contributed by atoms with Crippen LogP contribution in [0.2, 0.25) is 5.02 Å². The molecule has 2 fully saturated rings. The van der Waals surface area contributed by atoms with Crippen LogP contribution >= 0.6 is 11.6 Å². The number of carbonyl (C=O) groups excluding carboxylic acids is 1. The molecule has 1 aromatic heterocycles. The summed E-state index contributed by atoms with van der Waals surface area (Å²) in [6, 6.07) is 8.77. The monoisotopic (exact) mass is 443 g/mol. The van der Waals surface area contributed by atoms with E-state index in [1.807, 2.05) is 19.1 Å². The molecule has 2 aliphatic heterocycles. The predicted octanol–water partition coefficient (Wildman–Crippen LogP) is 2.62. The zero-order valence-electron chi connectivity index (χ0n) is 18.0. The van der Waals surface area contributed by atoms with Gasteiger partial charge in [-0.1, -0.05) is 17.7 Å². The summed E-state index contributed by atoms with van der Waals surface area (Å²) in [4.78, 5) is 29.5. The second kappa shape index (κ2) is 9.83. The van der Waals surface area contributed by atoms with Crippen LogP contribution in [0.4, 0.5) is 5.82 Å². The molecular weight excluding hydrogens is 414 g/mol. The predicted molar refractivity (Wildman–Crippen MR) is 123 cm³/mol. The van der Waals surface area contributed by atoms with Gasteiger partial charge in [-0.25, -0.2) is 0 Å². The molecule has 1 aromatic carbocycles. The number of amides is 1. The van der Waals surface area contributed by atoms with Crippen LogP contribution in [0.15, 0.2) is 35.1 Å². The summed E-state index contributed by atoms with van der Waals surface area (Å²) >= 11 is 6.23. The Bertz CT molecular complexity index is 978. The molecule has 166 valence electrons. The molecule has 1 N–H and O–H groups in total. The molecule has 2 saturated heterocycles. The van der Waals surface area contributed by atoms with Crippen molar-refractivity contribution in [2.45, 2.75) is 32.6 Å². The van der Waals surface area contributed by atoms with Crippen LogP contribution < -0.4 is 15.8 Å². The van der Waals surface area contributed by atoms with E-state index in [-0.39, 0.29) is 17.4 Å². The molecule has 7 nitrogen and oxygen atoms in total. The van der Waals surface area contributed by atoms with Crippen molar-refractivity contribution >= 4 is 23.3 Å². The number of hydrogen-bond acceptors (Lipinski definition) is 5. The minimum atomic E-state index is -0.198. The molecule has 31 heavy (non-hydrogen) atoms. The lowest BCUT2D eigenvalue weighted by atomic mass is 9.96. The summed E-state index contributed by atoms with van der Waals surface area (Å²) in [5.74, 6) is 0.937. The van der Waals surface area contributed by atoms with Crippen LogP contribution in [-0.4, -0.2) is 59.9 Å². The largest absolute Gasteiger partial charge is 0.355 e. The molecule has 0 atom stereocenters. The zero-order chi connectivity index (χ0) is 21.8. The average Bonchev–Trinajstić information content (AvgIpc) is 3.30. The molecule has 0 aliphatic carbocycles. The van der Waals surface area contributed by atoms with Crippen molar-refractivity contribution in [3.8, 4) is 5.69 Å². The van der Waals surface area contributed by atoms with E-state index in [0.29, 0.717) is 10.7 Å². The van der Waals surface area contributed by atoms with Gasteiger partial charge in [0.2, 0.25) is 5.91 Å². The summed E-state index contributed by atoms with van der Waals surface area (Å²) in [6.07, 6.45) is 4.11. The van der Waals surface area contributed by atoms with E-state index in [1.165, 1.54) is 23.6 Å². The van der Waals surface area contributed by atoms with Gasteiger partial charge in [0, 0.05) is 43.2 Å². The number of piperidine rings is 1. The van der Waals surface area contributed by atoms with Crippen LogP contribution in [0, 0.1) is 12.8 Å². The molecule has 0 saturated carbocycles. The minimum absolute atomic E-state index is 0.0386. The van der Waals surface area contributed by atoms with Crippen molar-refractivity contribution in [1.29, 1.82) is 0 Å². The Labute approximate surface area is 188 Å². The van der Waals surface area contributed by atoms with Crippen LogP contribution in [0.3, 0.4) is 0 Å². The Morgan fingerprint density at radius 3 is 2.58 bits per heavy atom. The zero-order valence-corrected chi connectivity index (χ0v) is 18.8. The fourth-order valence-electron chi connectivity index (χ4n) is 4.33. The number of aromatic nitrogens is 2. The number of nitrogens with one attached hydrogen (secondary N) is 1. The lowest BCUT2D eigenvalue weighted by Gasteiger charge is -2.32. The Hall–Kier alpha value is -2.38. The van der Waals surface area contributed by atoms with Crippen LogP contribution in [0.5, 0.6) is 0 Å². The third-order valence-electron chi connectivity index (χ3n) is 6.30. The van der Waals surface area contributed by atoms with E-state index in [2.05, 4.69) is 20.2 Å². The summed E-state index contributed by atoms with van der Waals surface area (Å²) < 4.78 is 1.39. The molecule has 0 unspecified atom stereocenters. The maximum atomic E-state index is 12.5. The highest BCUT2D eigenvalue weighted by molar-refractivity contribution is 6.31. The Balaban J connectivity index is 1.34. The fraction of sp³-hybridized carbons (Fsp3) is 0.522. The van der Waals surface area contributed by atoms with Gasteiger partial charge in [-0.3, -0.25) is 9.59 Å². The number of halogens is 1. The minimum Gasteiger partial charge on any atom is -0.355 e. The number of anilines is 1. The molecule has 0 spiro atoms. The van der Waals surface area contributed by atoms with E-state index >= 15 is 0 Å². The van der Waals surface area contributed by atoms with Crippen LogP contribution in [0.1, 0.15) is 31.2 Å². The molecule has 1 amide bonds. The number of hydrogen-bond donors (Lipinski definition) is 1. The van der Waals surface area contributed by atoms with Gasteiger partial charge in [0.1, 0.15) is 5.82 Å². The smallest absolute Gasteiger partial charge is 0.271 e. The van der Waals surface area contributed by atoms with Gasteiger partial charge in [0.15, 0.2) is 0 Å². The molecule has 0 radical (unpaired) electrons. The SMILES string of the molecule is Cc1ccc(-n2nc(N3CCC(C(=O)NCCN4CCCC4)CC3)ccc2=O)cc1Cl. The molecule has 2 aromatic rings. The summed E-state index contributed by atoms with van der Waals surface area (Å²) in [5.41, 5.74) is 1.40. The number of benzene rings is 1. The lowest BCUT2D eigenvalue weighted by molar-refractivity contribution is -0.125. The van der Waals surface area contributed by atoms with Crippen LogP contribution in [-0.2, 0) is 4.79 Å². The summed E-state index contributed by atoms with van der Waals surface area (Å²) in [7, 11) is 0. The normalized spacial score (nSPS) is 17.8. The Morgan fingerprint density at radius 2 is 1.87 bits per heavy atom. The third-order valence-corrected chi connectivity index (χ3v) is 6.71. The van der Waals surface area contributed by atoms with Gasteiger partial charge < -0.3 is 15.1 Å². The molecular formula is C23H30ClN5O2. The third kappa shape index (κ3) is 5.28. The van der Waals surface area contributed by atoms with Crippen LogP contribution in [0.25, 0.3) is 5.69 Å². The van der Waals surface area contributed by atoms with E-state index in [0.717, 1.165) is 63.5 Å².